The fourth-order valence-electron chi connectivity index (χ4n) is 2.06. The van der Waals surface area contributed by atoms with Gasteiger partial charge in [-0.25, -0.2) is 4.98 Å². The van der Waals surface area contributed by atoms with Crippen LogP contribution in [0.2, 0.25) is 0 Å². The first-order valence-corrected chi connectivity index (χ1v) is 6.13. The average Bonchev–Trinajstić information content (AvgIpc) is 3.10. The second kappa shape index (κ2) is 4.83. The quantitative estimate of drug-likeness (QED) is 0.828. The predicted molar refractivity (Wildman–Crippen MR) is 65.5 cm³/mol. The van der Waals surface area contributed by atoms with Gasteiger partial charge in [0.1, 0.15) is 5.82 Å². The molecule has 0 spiro atoms. The van der Waals surface area contributed by atoms with E-state index in [1.165, 1.54) is 12.8 Å². The minimum absolute atomic E-state index is 0.443. The molecule has 0 aliphatic heterocycles. The van der Waals surface area contributed by atoms with Crippen LogP contribution in [-0.2, 0) is 0 Å². The van der Waals surface area contributed by atoms with Crippen molar-refractivity contribution in [2.75, 3.05) is 11.4 Å². The molecule has 1 N–H and O–H groups in total. The maximum Gasteiger partial charge on any atom is 0.134 e. The number of hydrogen-bond donors (Lipinski definition) is 1. The van der Waals surface area contributed by atoms with Crippen molar-refractivity contribution in [2.24, 2.45) is 0 Å². The highest BCUT2D eigenvalue weighted by molar-refractivity contribution is 5.49. The molecule has 0 aromatic carbocycles. The molecule has 0 radical (unpaired) electrons. The molecule has 3 nitrogen and oxygen atoms in total. The molecule has 3 heteroatoms. The number of hydrogen-bond acceptors (Lipinski definition) is 3. The molecule has 1 fully saturated rings. The van der Waals surface area contributed by atoms with Crippen LogP contribution in [0.25, 0.3) is 0 Å². The Morgan fingerprint density at radius 2 is 2.31 bits per heavy atom. The van der Waals surface area contributed by atoms with Gasteiger partial charge in [-0.15, -0.1) is 0 Å². The molecule has 1 aromatic rings. The van der Waals surface area contributed by atoms with E-state index < -0.39 is 6.10 Å². The minimum atomic E-state index is -0.443. The van der Waals surface area contributed by atoms with E-state index in [1.807, 2.05) is 18.3 Å². The maximum atomic E-state index is 9.76. The summed E-state index contributed by atoms with van der Waals surface area (Å²) in [5.74, 6) is 0.974. The molecule has 1 saturated carbocycles. The number of anilines is 1. The van der Waals surface area contributed by atoms with Gasteiger partial charge < -0.3 is 10.0 Å². The molecule has 1 aliphatic rings. The van der Waals surface area contributed by atoms with Crippen LogP contribution >= 0.6 is 0 Å². The third kappa shape index (κ3) is 2.35. The van der Waals surface area contributed by atoms with Crippen molar-refractivity contribution in [1.82, 2.24) is 4.98 Å². The van der Waals surface area contributed by atoms with Gasteiger partial charge in [-0.3, -0.25) is 0 Å². The topological polar surface area (TPSA) is 36.4 Å². The van der Waals surface area contributed by atoms with Gasteiger partial charge in [-0.1, -0.05) is 13.0 Å². The molecule has 16 heavy (non-hydrogen) atoms. The van der Waals surface area contributed by atoms with Crippen molar-refractivity contribution in [3.8, 4) is 0 Å². The van der Waals surface area contributed by atoms with Crippen molar-refractivity contribution < 1.29 is 5.11 Å². The van der Waals surface area contributed by atoms with Crippen LogP contribution in [0, 0.1) is 0 Å². The highest BCUT2D eigenvalue weighted by atomic mass is 16.3. The van der Waals surface area contributed by atoms with Gasteiger partial charge in [0.15, 0.2) is 0 Å². The number of aliphatic hydroxyl groups is 1. The van der Waals surface area contributed by atoms with Gasteiger partial charge in [-0.2, -0.15) is 0 Å². The van der Waals surface area contributed by atoms with Crippen molar-refractivity contribution in [3.05, 3.63) is 23.9 Å². The summed E-state index contributed by atoms with van der Waals surface area (Å²) in [6, 6.07) is 4.51. The minimum Gasteiger partial charge on any atom is -0.389 e. The van der Waals surface area contributed by atoms with Gasteiger partial charge in [0, 0.05) is 24.3 Å². The van der Waals surface area contributed by atoms with E-state index in [0.29, 0.717) is 6.04 Å². The predicted octanol–water partition coefficient (Wildman–Crippen LogP) is 2.51. The Morgan fingerprint density at radius 3 is 2.88 bits per heavy atom. The first kappa shape index (κ1) is 11.4. The smallest absolute Gasteiger partial charge is 0.134 e. The normalized spacial score (nSPS) is 17.2. The maximum absolute atomic E-state index is 9.76. The zero-order valence-corrected chi connectivity index (χ0v) is 10.1. The lowest BCUT2D eigenvalue weighted by Crippen LogP contribution is -2.28. The average molecular weight is 220 g/mol. The Labute approximate surface area is 97.1 Å². The summed E-state index contributed by atoms with van der Waals surface area (Å²) in [7, 11) is 0. The lowest BCUT2D eigenvalue weighted by Gasteiger charge is -2.26. The number of nitrogens with zero attached hydrogens (tertiary/aromatic N) is 2. The lowest BCUT2D eigenvalue weighted by atomic mass is 10.1. The summed E-state index contributed by atoms with van der Waals surface area (Å²) >= 11 is 0. The summed E-state index contributed by atoms with van der Waals surface area (Å²) < 4.78 is 0. The molecule has 1 atom stereocenters. The molecule has 2 rings (SSSR count). The Bertz CT molecular complexity index is 348. The zero-order chi connectivity index (χ0) is 11.5. The van der Waals surface area contributed by atoms with Crippen molar-refractivity contribution in [1.29, 1.82) is 0 Å². The zero-order valence-electron chi connectivity index (χ0n) is 10.1. The molecule has 0 amide bonds. The molecular weight excluding hydrogens is 200 g/mol. The van der Waals surface area contributed by atoms with E-state index in [-0.39, 0.29) is 0 Å². The van der Waals surface area contributed by atoms with Gasteiger partial charge in [0.2, 0.25) is 0 Å². The Morgan fingerprint density at radius 1 is 1.56 bits per heavy atom. The van der Waals surface area contributed by atoms with E-state index in [9.17, 15) is 5.11 Å². The fourth-order valence-corrected chi connectivity index (χ4v) is 2.06. The highest BCUT2D eigenvalue weighted by Gasteiger charge is 2.30. The summed E-state index contributed by atoms with van der Waals surface area (Å²) in [4.78, 5) is 6.80. The second-order valence-corrected chi connectivity index (χ2v) is 4.52. The van der Waals surface area contributed by atoms with Gasteiger partial charge in [0.25, 0.3) is 0 Å². The van der Waals surface area contributed by atoms with E-state index in [1.54, 1.807) is 6.92 Å². The van der Waals surface area contributed by atoms with Gasteiger partial charge >= 0.3 is 0 Å². The lowest BCUT2D eigenvalue weighted by molar-refractivity contribution is 0.199. The molecular formula is C13H20N2O. The van der Waals surface area contributed by atoms with Crippen molar-refractivity contribution in [2.45, 2.75) is 45.3 Å². The molecule has 0 unspecified atom stereocenters. The number of aliphatic hydroxyl groups excluding tert-OH is 1. The molecule has 0 bridgehead atoms. The van der Waals surface area contributed by atoms with Crippen LogP contribution in [0.15, 0.2) is 18.3 Å². The Balaban J connectivity index is 2.28. The monoisotopic (exact) mass is 220 g/mol. The largest absolute Gasteiger partial charge is 0.389 e. The molecule has 0 saturated heterocycles. The van der Waals surface area contributed by atoms with E-state index in [2.05, 4.69) is 16.8 Å². The van der Waals surface area contributed by atoms with Crippen LogP contribution < -0.4 is 4.90 Å². The Kier molecular flexibility index (Phi) is 3.44. The SMILES string of the molecule is CCCN(c1ncccc1[C@@H](C)O)C1CC1. The molecule has 1 aliphatic carbocycles. The molecule has 88 valence electrons. The van der Waals surface area contributed by atoms with Crippen LogP contribution in [0.5, 0.6) is 0 Å². The standard InChI is InChI=1S/C13H20N2O/c1-3-9-15(11-6-7-11)13-12(10(2)16)5-4-8-14-13/h4-5,8,10-11,16H,3,6-7,9H2,1-2H3/t10-/m1/s1. The van der Waals surface area contributed by atoms with Crippen molar-refractivity contribution >= 4 is 5.82 Å². The summed E-state index contributed by atoms with van der Waals surface area (Å²) in [5, 5.41) is 9.76. The van der Waals surface area contributed by atoms with Crippen LogP contribution in [-0.4, -0.2) is 22.7 Å². The van der Waals surface area contributed by atoms with Gasteiger partial charge in [0.05, 0.1) is 6.10 Å². The number of aromatic nitrogens is 1. The Hall–Kier alpha value is -1.09. The summed E-state index contributed by atoms with van der Waals surface area (Å²) in [5.41, 5.74) is 0.947. The van der Waals surface area contributed by atoms with Crippen LogP contribution in [0.1, 0.15) is 44.8 Å². The first-order chi connectivity index (χ1) is 7.74. The van der Waals surface area contributed by atoms with E-state index in [0.717, 1.165) is 24.3 Å². The van der Waals surface area contributed by atoms with Gasteiger partial charge in [-0.05, 0) is 32.3 Å². The summed E-state index contributed by atoms with van der Waals surface area (Å²) in [6.45, 7) is 5.01. The highest BCUT2D eigenvalue weighted by Crippen LogP contribution is 2.34. The molecule has 1 heterocycles. The fraction of sp³-hybridized carbons (Fsp3) is 0.615. The second-order valence-electron chi connectivity index (χ2n) is 4.52. The van der Waals surface area contributed by atoms with Crippen LogP contribution in [0.4, 0.5) is 5.82 Å². The number of pyridine rings is 1. The van der Waals surface area contributed by atoms with E-state index in [4.69, 9.17) is 0 Å². The van der Waals surface area contributed by atoms with E-state index >= 15 is 0 Å². The first-order valence-electron chi connectivity index (χ1n) is 6.13. The third-order valence-electron chi connectivity index (χ3n) is 2.99. The van der Waals surface area contributed by atoms with Crippen molar-refractivity contribution in [3.63, 3.8) is 0 Å². The molecule has 1 aromatic heterocycles. The number of rotatable bonds is 5. The summed E-state index contributed by atoms with van der Waals surface area (Å²) in [6.07, 6.45) is 5.01. The third-order valence-corrected chi connectivity index (χ3v) is 2.99. The van der Waals surface area contributed by atoms with Crippen LogP contribution in [0.3, 0.4) is 0 Å².